The van der Waals surface area contributed by atoms with Crippen LogP contribution >= 0.6 is 23.8 Å². The van der Waals surface area contributed by atoms with Gasteiger partial charge in [-0.05, 0) is 30.3 Å². The Bertz CT molecular complexity index is 601. The van der Waals surface area contributed by atoms with Gasteiger partial charge in [-0.25, -0.2) is 0 Å². The Hall–Kier alpha value is -1.65. The van der Waals surface area contributed by atoms with Crippen molar-refractivity contribution in [3.63, 3.8) is 0 Å². The fraction of sp³-hybridized carbons (Fsp3) is 0.200. The van der Waals surface area contributed by atoms with Gasteiger partial charge in [0.25, 0.3) is 0 Å². The molecule has 0 bridgehead atoms. The van der Waals surface area contributed by atoms with Crippen molar-refractivity contribution in [2.45, 2.75) is 6.42 Å². The number of benzene rings is 1. The van der Waals surface area contributed by atoms with E-state index >= 15 is 0 Å². The Kier molecular flexibility index (Phi) is 4.93. The molecule has 2 aromatic rings. The minimum absolute atomic E-state index is 0.317. The molecular weight excluding hydrogens is 290 g/mol. The Labute approximate surface area is 129 Å². The highest BCUT2D eigenvalue weighted by molar-refractivity contribution is 7.80. The second-order valence-corrected chi connectivity index (χ2v) is 5.37. The molecule has 0 saturated heterocycles. The number of anilines is 1. The Morgan fingerprint density at radius 1 is 1.35 bits per heavy atom. The van der Waals surface area contributed by atoms with Crippen molar-refractivity contribution in [2.24, 2.45) is 5.73 Å². The first-order chi connectivity index (χ1) is 9.58. The second kappa shape index (κ2) is 6.68. The van der Waals surface area contributed by atoms with Gasteiger partial charge in [-0.15, -0.1) is 0 Å². The van der Waals surface area contributed by atoms with Crippen molar-refractivity contribution in [1.29, 1.82) is 0 Å². The summed E-state index contributed by atoms with van der Waals surface area (Å²) in [4.78, 5) is 6.76. The summed E-state index contributed by atoms with van der Waals surface area (Å²) in [5.41, 5.74) is 8.42. The molecule has 0 atom stereocenters. The summed E-state index contributed by atoms with van der Waals surface area (Å²) in [5.74, 6) is 0. The van der Waals surface area contributed by atoms with Crippen molar-refractivity contribution in [3.8, 4) is 0 Å². The highest BCUT2D eigenvalue weighted by Crippen LogP contribution is 2.23. The van der Waals surface area contributed by atoms with Gasteiger partial charge in [0, 0.05) is 43.2 Å². The number of rotatable bonds is 5. The van der Waals surface area contributed by atoms with Crippen molar-refractivity contribution in [3.05, 3.63) is 58.9 Å². The van der Waals surface area contributed by atoms with E-state index < -0.39 is 0 Å². The average molecular weight is 306 g/mol. The van der Waals surface area contributed by atoms with Crippen LogP contribution in [0.15, 0.2) is 42.6 Å². The van der Waals surface area contributed by atoms with E-state index in [1.54, 1.807) is 0 Å². The summed E-state index contributed by atoms with van der Waals surface area (Å²) in [6.45, 7) is 0.861. The number of nitrogens with two attached hydrogens (primary N) is 1. The lowest BCUT2D eigenvalue weighted by Crippen LogP contribution is -2.21. The van der Waals surface area contributed by atoms with Crippen LogP contribution in [-0.2, 0) is 6.42 Å². The zero-order chi connectivity index (χ0) is 14.5. The minimum atomic E-state index is 0.317. The molecule has 104 valence electrons. The molecule has 0 fully saturated rings. The lowest BCUT2D eigenvalue weighted by Gasteiger charge is -2.20. The molecular formula is C15H16ClN3S. The third kappa shape index (κ3) is 3.68. The minimum Gasteiger partial charge on any atom is -0.389 e. The largest absolute Gasteiger partial charge is 0.389 e. The highest BCUT2D eigenvalue weighted by Gasteiger charge is 2.07. The predicted octanol–water partition coefficient (Wildman–Crippen LogP) is 3.05. The molecule has 3 nitrogen and oxygen atoms in total. The molecule has 0 unspecified atom stereocenters. The maximum Gasteiger partial charge on any atom is 0.105 e. The first kappa shape index (κ1) is 14.8. The van der Waals surface area contributed by atoms with Crippen LogP contribution in [0.4, 0.5) is 5.69 Å². The summed E-state index contributed by atoms with van der Waals surface area (Å²) in [6, 6.07) is 11.7. The molecule has 0 amide bonds. The highest BCUT2D eigenvalue weighted by atomic mass is 35.5. The molecule has 2 rings (SSSR count). The molecule has 0 saturated carbocycles. The number of halogens is 1. The third-order valence-electron chi connectivity index (χ3n) is 3.09. The summed E-state index contributed by atoms with van der Waals surface area (Å²) in [7, 11) is 2.02. The van der Waals surface area contributed by atoms with Crippen molar-refractivity contribution in [2.75, 3.05) is 18.5 Å². The van der Waals surface area contributed by atoms with Gasteiger partial charge >= 0.3 is 0 Å². The fourth-order valence-electron chi connectivity index (χ4n) is 1.90. The topological polar surface area (TPSA) is 42.2 Å². The summed E-state index contributed by atoms with van der Waals surface area (Å²) in [5, 5.41) is 0.583. The monoisotopic (exact) mass is 305 g/mol. The molecule has 5 heteroatoms. The quantitative estimate of drug-likeness (QED) is 0.862. The average Bonchev–Trinajstić information content (AvgIpc) is 2.45. The van der Waals surface area contributed by atoms with Crippen LogP contribution in [0.2, 0.25) is 5.02 Å². The molecule has 1 aromatic carbocycles. The number of thiocarbonyl (C=S) groups is 1. The van der Waals surface area contributed by atoms with Crippen molar-refractivity contribution >= 4 is 34.5 Å². The van der Waals surface area contributed by atoms with Gasteiger partial charge in [0.2, 0.25) is 0 Å². The van der Waals surface area contributed by atoms with Crippen LogP contribution in [0.1, 0.15) is 11.3 Å². The van der Waals surface area contributed by atoms with E-state index in [0.29, 0.717) is 15.6 Å². The second-order valence-electron chi connectivity index (χ2n) is 4.52. The molecule has 0 radical (unpaired) electrons. The molecule has 1 aromatic heterocycles. The lowest BCUT2D eigenvalue weighted by atomic mass is 10.2. The van der Waals surface area contributed by atoms with E-state index in [2.05, 4.69) is 9.88 Å². The van der Waals surface area contributed by atoms with Crippen LogP contribution in [0.3, 0.4) is 0 Å². The van der Waals surface area contributed by atoms with Gasteiger partial charge in [0.05, 0.1) is 5.02 Å². The van der Waals surface area contributed by atoms with Crippen molar-refractivity contribution in [1.82, 2.24) is 4.98 Å². The van der Waals surface area contributed by atoms with Gasteiger partial charge in [-0.2, -0.15) is 0 Å². The number of pyridine rings is 1. The Morgan fingerprint density at radius 3 is 2.75 bits per heavy atom. The van der Waals surface area contributed by atoms with Gasteiger partial charge in [0.15, 0.2) is 0 Å². The van der Waals surface area contributed by atoms with Gasteiger partial charge < -0.3 is 10.6 Å². The number of nitrogens with zero attached hydrogens (tertiary/aromatic N) is 2. The summed E-state index contributed by atoms with van der Waals surface area (Å²) < 4.78 is 0. The zero-order valence-corrected chi connectivity index (χ0v) is 12.8. The maximum atomic E-state index is 6.18. The molecule has 20 heavy (non-hydrogen) atoms. The van der Waals surface area contributed by atoms with Crippen molar-refractivity contribution < 1.29 is 0 Å². The molecule has 0 aliphatic rings. The molecule has 1 heterocycles. The number of hydrogen-bond acceptors (Lipinski definition) is 3. The molecule has 0 aliphatic carbocycles. The van der Waals surface area contributed by atoms with E-state index in [9.17, 15) is 0 Å². The van der Waals surface area contributed by atoms with E-state index in [1.165, 1.54) is 0 Å². The molecule has 0 aliphatic heterocycles. The molecule has 0 spiro atoms. The zero-order valence-electron chi connectivity index (χ0n) is 11.2. The SMILES string of the molecule is CN(CCc1ccccn1)c1ccc(C(N)=S)c(Cl)c1. The summed E-state index contributed by atoms with van der Waals surface area (Å²) >= 11 is 11.1. The van der Waals surface area contributed by atoms with Gasteiger partial charge in [-0.1, -0.05) is 29.9 Å². The normalized spacial score (nSPS) is 10.3. The number of likely N-dealkylation sites (N-methyl/N-ethyl adjacent to an activating group) is 1. The standard InChI is InChI=1S/C15H16ClN3S/c1-19(9-7-11-4-2-3-8-18-11)12-5-6-13(15(17)20)14(16)10-12/h2-6,8,10H,7,9H2,1H3,(H2,17,20). The van der Waals surface area contributed by atoms with Crippen LogP contribution < -0.4 is 10.6 Å². The van der Waals surface area contributed by atoms with Crippen LogP contribution in [0.25, 0.3) is 0 Å². The fourth-order valence-corrected chi connectivity index (χ4v) is 2.41. The number of aromatic nitrogens is 1. The Morgan fingerprint density at radius 2 is 2.15 bits per heavy atom. The third-order valence-corrected chi connectivity index (χ3v) is 3.62. The van der Waals surface area contributed by atoms with Crippen LogP contribution in [0.5, 0.6) is 0 Å². The molecule has 2 N–H and O–H groups in total. The van der Waals surface area contributed by atoms with E-state index in [0.717, 1.165) is 24.3 Å². The van der Waals surface area contributed by atoms with Crippen LogP contribution in [-0.4, -0.2) is 23.6 Å². The van der Waals surface area contributed by atoms with E-state index in [1.807, 2.05) is 49.6 Å². The van der Waals surface area contributed by atoms with E-state index in [-0.39, 0.29) is 0 Å². The van der Waals surface area contributed by atoms with E-state index in [4.69, 9.17) is 29.6 Å². The first-order valence-electron chi connectivity index (χ1n) is 6.28. The summed E-state index contributed by atoms with van der Waals surface area (Å²) in [6.07, 6.45) is 2.69. The maximum absolute atomic E-state index is 6.18. The first-order valence-corrected chi connectivity index (χ1v) is 7.07. The van der Waals surface area contributed by atoms with Crippen LogP contribution in [0, 0.1) is 0 Å². The predicted molar refractivity (Wildman–Crippen MR) is 88.6 cm³/mol. The number of hydrogen-bond donors (Lipinski definition) is 1. The smallest absolute Gasteiger partial charge is 0.105 e. The van der Waals surface area contributed by atoms with Gasteiger partial charge in [0.1, 0.15) is 4.99 Å². The Balaban J connectivity index is 2.04. The lowest BCUT2D eigenvalue weighted by molar-refractivity contribution is 0.852. The van der Waals surface area contributed by atoms with Gasteiger partial charge in [-0.3, -0.25) is 4.98 Å².